The first-order valence-corrected chi connectivity index (χ1v) is 10.7. The molecule has 4 aromatic rings. The smallest absolute Gasteiger partial charge is 0.282 e. The fourth-order valence-electron chi connectivity index (χ4n) is 3.85. The molecule has 7 heteroatoms. The van der Waals surface area contributed by atoms with Crippen molar-refractivity contribution >= 4 is 57.7 Å². The molecule has 2 amide bonds. The van der Waals surface area contributed by atoms with Gasteiger partial charge in [0.1, 0.15) is 5.57 Å². The van der Waals surface area contributed by atoms with Crippen LogP contribution in [0, 0.1) is 0 Å². The molecule has 0 unspecified atom stereocenters. The van der Waals surface area contributed by atoms with Crippen LogP contribution in [0.5, 0.6) is 0 Å². The van der Waals surface area contributed by atoms with Crippen LogP contribution in [0.3, 0.4) is 0 Å². The van der Waals surface area contributed by atoms with Crippen molar-refractivity contribution in [2.75, 3.05) is 5.01 Å². The minimum absolute atomic E-state index is 0.0764. The largest absolute Gasteiger partial charge is 0.342 e. The summed E-state index contributed by atoms with van der Waals surface area (Å²) in [5, 5.41) is 3.34. The quantitative estimate of drug-likeness (QED) is 0.324. The number of hydrogen-bond donors (Lipinski definition) is 1. The highest BCUT2D eigenvalue weighted by Gasteiger charge is 2.34. The van der Waals surface area contributed by atoms with Gasteiger partial charge >= 0.3 is 0 Å². The molecule has 3 aromatic carbocycles. The minimum atomic E-state index is -0.440. The highest BCUT2D eigenvalue weighted by Crippen LogP contribution is 2.30. The summed E-state index contributed by atoms with van der Waals surface area (Å²) in [6.45, 7) is 0.457. The third kappa shape index (κ3) is 3.55. The lowest BCUT2D eigenvalue weighted by Gasteiger charge is -2.13. The van der Waals surface area contributed by atoms with Crippen LogP contribution in [-0.2, 0) is 16.1 Å². The van der Waals surface area contributed by atoms with Crippen molar-refractivity contribution in [2.24, 2.45) is 0 Å². The second-order valence-electron chi connectivity index (χ2n) is 7.40. The minimum Gasteiger partial charge on any atom is -0.342 e. The molecule has 1 aromatic heterocycles. The molecule has 1 aliphatic heterocycles. The van der Waals surface area contributed by atoms with E-state index in [0.29, 0.717) is 22.3 Å². The number of aromatic nitrogens is 1. The van der Waals surface area contributed by atoms with Gasteiger partial charge in [-0.1, -0.05) is 65.7 Å². The Bertz CT molecular complexity index is 1370. The van der Waals surface area contributed by atoms with Crippen LogP contribution in [0.4, 0.5) is 5.69 Å². The summed E-state index contributed by atoms with van der Waals surface area (Å²) in [7, 11) is 0. The predicted molar refractivity (Wildman–Crippen MR) is 128 cm³/mol. The second kappa shape index (κ2) is 8.19. The third-order valence-corrected chi connectivity index (χ3v) is 6.12. The molecule has 0 radical (unpaired) electrons. The summed E-state index contributed by atoms with van der Waals surface area (Å²) in [5.74, 6) is -0.836. The van der Waals surface area contributed by atoms with E-state index in [4.69, 9.17) is 23.2 Å². The Morgan fingerprint density at radius 1 is 0.844 bits per heavy atom. The first kappa shape index (κ1) is 20.4. The van der Waals surface area contributed by atoms with Crippen molar-refractivity contribution in [3.8, 4) is 0 Å². The van der Waals surface area contributed by atoms with Gasteiger partial charge in [0.05, 0.1) is 12.2 Å². The SMILES string of the molecule is O=C1NN(c2ccccc2)C(=O)/C1=C/c1cn(Cc2c(Cl)cccc2Cl)c2ccccc12. The molecule has 0 bridgehead atoms. The highest BCUT2D eigenvalue weighted by molar-refractivity contribution is 6.36. The van der Waals surface area contributed by atoms with E-state index in [9.17, 15) is 9.59 Å². The molecule has 0 aliphatic carbocycles. The maximum atomic E-state index is 13.0. The Kier molecular flexibility index (Phi) is 5.21. The number of carbonyl (C=O) groups excluding carboxylic acids is 2. The van der Waals surface area contributed by atoms with Crippen LogP contribution in [0.15, 0.2) is 84.6 Å². The standard InChI is InChI=1S/C25H17Cl2N3O2/c26-21-10-6-11-22(27)20(21)15-29-14-16(18-9-4-5-12-23(18)29)13-19-24(31)28-30(25(19)32)17-7-2-1-3-8-17/h1-14H,15H2,(H,28,31)/b19-13+. The van der Waals surface area contributed by atoms with E-state index in [-0.39, 0.29) is 5.57 Å². The van der Waals surface area contributed by atoms with Gasteiger partial charge in [-0.05, 0) is 36.4 Å². The summed E-state index contributed by atoms with van der Waals surface area (Å²) < 4.78 is 2.01. The van der Waals surface area contributed by atoms with E-state index in [1.54, 1.807) is 36.4 Å². The number of fused-ring (bicyclic) bond motifs is 1. The normalized spacial score (nSPS) is 15.1. The molecule has 158 valence electrons. The van der Waals surface area contributed by atoms with Crippen LogP contribution in [-0.4, -0.2) is 16.4 Å². The zero-order valence-corrected chi connectivity index (χ0v) is 18.3. The number of halogens is 2. The molecule has 0 saturated carbocycles. The Labute approximate surface area is 194 Å². The lowest BCUT2D eigenvalue weighted by atomic mass is 10.1. The number of para-hydroxylation sites is 2. The van der Waals surface area contributed by atoms with Gasteiger partial charge in [-0.3, -0.25) is 15.0 Å². The van der Waals surface area contributed by atoms with Crippen molar-refractivity contribution in [2.45, 2.75) is 6.54 Å². The maximum Gasteiger partial charge on any atom is 0.282 e. The molecule has 32 heavy (non-hydrogen) atoms. The van der Waals surface area contributed by atoms with Gasteiger partial charge in [-0.15, -0.1) is 0 Å². The van der Waals surface area contributed by atoms with Crippen molar-refractivity contribution in [1.29, 1.82) is 0 Å². The molecule has 1 N–H and O–H groups in total. The molecular formula is C25H17Cl2N3O2. The van der Waals surface area contributed by atoms with E-state index >= 15 is 0 Å². The highest BCUT2D eigenvalue weighted by atomic mass is 35.5. The Balaban J connectivity index is 1.56. The molecule has 2 heterocycles. The third-order valence-electron chi connectivity index (χ3n) is 5.42. The summed E-state index contributed by atoms with van der Waals surface area (Å²) in [6.07, 6.45) is 3.54. The van der Waals surface area contributed by atoms with Crippen molar-refractivity contribution in [1.82, 2.24) is 9.99 Å². The van der Waals surface area contributed by atoms with E-state index in [2.05, 4.69) is 5.43 Å². The lowest BCUT2D eigenvalue weighted by Crippen LogP contribution is -2.35. The van der Waals surface area contributed by atoms with E-state index in [1.807, 2.05) is 53.2 Å². The number of benzene rings is 3. The molecular weight excluding hydrogens is 445 g/mol. The summed E-state index contributed by atoms with van der Waals surface area (Å²) >= 11 is 12.7. The molecule has 1 fully saturated rings. The van der Waals surface area contributed by atoms with E-state index in [0.717, 1.165) is 22.0 Å². The van der Waals surface area contributed by atoms with E-state index in [1.165, 1.54) is 5.01 Å². The average molecular weight is 462 g/mol. The number of anilines is 1. The van der Waals surface area contributed by atoms with Crippen LogP contribution in [0.2, 0.25) is 10.0 Å². The summed E-state index contributed by atoms with van der Waals surface area (Å²) in [5.41, 5.74) is 5.83. The number of nitrogens with zero attached hydrogens (tertiary/aromatic N) is 2. The van der Waals surface area contributed by atoms with Gasteiger partial charge < -0.3 is 4.57 Å². The van der Waals surface area contributed by atoms with Crippen molar-refractivity contribution in [3.63, 3.8) is 0 Å². The monoisotopic (exact) mass is 461 g/mol. The van der Waals surface area contributed by atoms with Crippen molar-refractivity contribution in [3.05, 3.63) is 106 Å². The van der Waals surface area contributed by atoms with Crippen molar-refractivity contribution < 1.29 is 9.59 Å². The first-order valence-electron chi connectivity index (χ1n) is 9.96. The zero-order chi connectivity index (χ0) is 22.2. The first-order chi connectivity index (χ1) is 15.5. The number of hydrazine groups is 1. The maximum absolute atomic E-state index is 13.0. The number of amides is 2. The number of carbonyl (C=O) groups is 2. The Hall–Kier alpha value is -3.54. The van der Waals surface area contributed by atoms with Crippen LogP contribution >= 0.6 is 23.2 Å². The Morgan fingerprint density at radius 3 is 2.28 bits per heavy atom. The summed E-state index contributed by atoms with van der Waals surface area (Å²) in [4.78, 5) is 25.6. The number of nitrogens with one attached hydrogen (secondary N) is 1. The predicted octanol–water partition coefficient (Wildman–Crippen LogP) is 5.46. The molecule has 5 rings (SSSR count). The van der Waals surface area contributed by atoms with Gasteiger partial charge in [0.15, 0.2) is 0 Å². The Morgan fingerprint density at radius 2 is 1.53 bits per heavy atom. The fourth-order valence-corrected chi connectivity index (χ4v) is 4.36. The van der Waals surface area contributed by atoms with Gasteiger partial charge in [0.25, 0.3) is 11.8 Å². The van der Waals surface area contributed by atoms with Crippen LogP contribution < -0.4 is 10.4 Å². The van der Waals surface area contributed by atoms with Gasteiger partial charge in [-0.2, -0.15) is 0 Å². The van der Waals surface area contributed by atoms with E-state index < -0.39 is 11.8 Å². The molecule has 5 nitrogen and oxygen atoms in total. The van der Waals surface area contributed by atoms with Crippen LogP contribution in [0.1, 0.15) is 11.1 Å². The number of rotatable bonds is 4. The van der Waals surface area contributed by atoms with Gasteiger partial charge in [0, 0.05) is 38.3 Å². The second-order valence-corrected chi connectivity index (χ2v) is 8.22. The number of hydrogen-bond acceptors (Lipinski definition) is 2. The zero-order valence-electron chi connectivity index (χ0n) is 16.8. The van der Waals surface area contributed by atoms with Gasteiger partial charge in [-0.25, -0.2) is 5.01 Å². The van der Waals surface area contributed by atoms with Crippen LogP contribution in [0.25, 0.3) is 17.0 Å². The average Bonchev–Trinajstić information content (AvgIpc) is 3.29. The van der Waals surface area contributed by atoms with Gasteiger partial charge in [0.2, 0.25) is 0 Å². The molecule has 0 atom stereocenters. The molecule has 1 aliphatic rings. The fraction of sp³-hybridized carbons (Fsp3) is 0.0400. The lowest BCUT2D eigenvalue weighted by molar-refractivity contribution is -0.117. The summed E-state index contributed by atoms with van der Waals surface area (Å²) in [6, 6.07) is 22.2. The molecule has 0 spiro atoms. The molecule has 1 saturated heterocycles. The topological polar surface area (TPSA) is 54.3 Å².